The third kappa shape index (κ3) is 1.64. The van der Waals surface area contributed by atoms with Crippen molar-refractivity contribution in [2.45, 2.75) is 0 Å². The maximum Gasteiger partial charge on any atom is 0.171 e. The molecule has 0 saturated carbocycles. The van der Waals surface area contributed by atoms with Crippen molar-refractivity contribution in [3.05, 3.63) is 57.6 Å². The number of allylic oxidation sites excluding steroid dienone is 4. The lowest BCUT2D eigenvalue weighted by Gasteiger charge is -2.28. The molecule has 3 rings (SSSR count). The van der Waals surface area contributed by atoms with Gasteiger partial charge in [-0.25, -0.2) is 0 Å². The van der Waals surface area contributed by atoms with E-state index in [0.717, 1.165) is 0 Å². The van der Waals surface area contributed by atoms with Gasteiger partial charge in [-0.2, -0.15) is 0 Å². The van der Waals surface area contributed by atoms with Crippen LogP contribution in [0.3, 0.4) is 0 Å². The van der Waals surface area contributed by atoms with E-state index in [-0.39, 0.29) is 11.6 Å². The van der Waals surface area contributed by atoms with E-state index >= 15 is 0 Å². The average Bonchev–Trinajstić information content (AvgIpc) is 2.35. The van der Waals surface area contributed by atoms with E-state index in [1.165, 1.54) is 0 Å². The Kier molecular flexibility index (Phi) is 2.65. The van der Waals surface area contributed by atoms with Gasteiger partial charge < -0.3 is 0 Å². The van der Waals surface area contributed by atoms with Gasteiger partial charge in [-0.05, 0) is 24.3 Å². The minimum atomic E-state index is -0.499. The molecule has 0 radical (unpaired) electrons. The largest absolute Gasteiger partial charge is 0.293 e. The summed E-state index contributed by atoms with van der Waals surface area (Å²) in [6, 6.07) is 4.79. The summed E-state index contributed by atoms with van der Waals surface area (Å²) in [5, 5.41) is 0.942. The maximum atomic E-state index is 12.3. The molecule has 0 amide bonds. The van der Waals surface area contributed by atoms with E-state index in [9.17, 15) is 9.59 Å². The molecule has 0 bridgehead atoms. The monoisotopic (exact) mass is 278 g/mol. The Hall–Kier alpha value is -1.38. The Balaban J connectivity index is 2.19. The normalized spacial score (nSPS) is 25.6. The summed E-state index contributed by atoms with van der Waals surface area (Å²) in [6.07, 6.45) is 5.00. The highest BCUT2D eigenvalue weighted by molar-refractivity contribution is 6.33. The second kappa shape index (κ2) is 4.08. The number of fused-ring (bicyclic) bond motifs is 2. The highest BCUT2D eigenvalue weighted by Gasteiger charge is 2.40. The molecule has 90 valence electrons. The van der Waals surface area contributed by atoms with Gasteiger partial charge >= 0.3 is 0 Å². The predicted octanol–water partition coefficient (Wildman–Crippen LogP) is 3.64. The summed E-state index contributed by atoms with van der Waals surface area (Å²) in [5.41, 5.74) is 0.839. The highest BCUT2D eigenvalue weighted by Crippen LogP contribution is 2.36. The van der Waals surface area contributed by atoms with Crippen LogP contribution in [0.4, 0.5) is 0 Å². The number of hydrogen-bond donors (Lipinski definition) is 0. The molecule has 4 heteroatoms. The zero-order valence-corrected chi connectivity index (χ0v) is 10.7. The molecule has 2 atom stereocenters. The number of Topliss-reactive ketones (excluding diaryl/α,β-unsaturated/α-hetero) is 2. The smallest absolute Gasteiger partial charge is 0.171 e. The number of rotatable bonds is 0. The number of carbonyl (C=O) groups excluding carboxylic acids is 2. The standard InChI is InChI=1S/C14H8Cl2O2/c15-7-1-3-9-11(5-7)14(18)12-6-8(16)2-4-10(12)13(9)17/h1-6,9,11H. The quantitative estimate of drug-likeness (QED) is 0.726. The molecule has 2 aliphatic rings. The number of hydrogen-bond acceptors (Lipinski definition) is 2. The second-order valence-corrected chi connectivity index (χ2v) is 5.25. The molecule has 0 saturated heterocycles. The van der Waals surface area contributed by atoms with E-state index in [2.05, 4.69) is 0 Å². The van der Waals surface area contributed by atoms with Gasteiger partial charge in [0, 0.05) is 21.2 Å². The predicted molar refractivity (Wildman–Crippen MR) is 70.2 cm³/mol. The molecule has 18 heavy (non-hydrogen) atoms. The lowest BCUT2D eigenvalue weighted by molar-refractivity contribution is 0.0801. The molecule has 1 aromatic rings. The van der Waals surface area contributed by atoms with E-state index in [1.54, 1.807) is 36.4 Å². The minimum absolute atomic E-state index is 0.0528. The molecular formula is C14H8Cl2O2. The minimum Gasteiger partial charge on any atom is -0.293 e. The molecule has 0 heterocycles. The zero-order valence-electron chi connectivity index (χ0n) is 9.19. The molecule has 0 spiro atoms. The summed E-state index contributed by atoms with van der Waals surface area (Å²) in [6.45, 7) is 0. The summed E-state index contributed by atoms with van der Waals surface area (Å²) < 4.78 is 0. The van der Waals surface area contributed by atoms with Gasteiger partial charge in [-0.15, -0.1) is 0 Å². The first-order valence-corrected chi connectivity index (χ1v) is 6.27. The molecule has 1 aromatic carbocycles. The Labute approximate surface area is 114 Å². The van der Waals surface area contributed by atoms with Gasteiger partial charge in [0.15, 0.2) is 11.6 Å². The number of halogens is 2. The van der Waals surface area contributed by atoms with Crippen LogP contribution in [0.25, 0.3) is 0 Å². The van der Waals surface area contributed by atoms with E-state index in [0.29, 0.717) is 21.2 Å². The molecule has 0 aliphatic heterocycles. The molecule has 0 N–H and O–H groups in total. The van der Waals surface area contributed by atoms with Gasteiger partial charge in [-0.1, -0.05) is 35.4 Å². The first-order chi connectivity index (χ1) is 8.58. The van der Waals surface area contributed by atoms with Gasteiger partial charge in [0.25, 0.3) is 0 Å². The molecule has 2 nitrogen and oxygen atoms in total. The molecule has 0 aromatic heterocycles. The SMILES string of the molecule is O=C1c2ccc(Cl)cc2C(=O)C2C=C(Cl)C=CC12. The van der Waals surface area contributed by atoms with Crippen LogP contribution in [-0.2, 0) is 0 Å². The van der Waals surface area contributed by atoms with Crippen molar-refractivity contribution < 1.29 is 9.59 Å². The van der Waals surface area contributed by atoms with E-state index < -0.39 is 11.8 Å². The Morgan fingerprint density at radius 2 is 1.67 bits per heavy atom. The highest BCUT2D eigenvalue weighted by atomic mass is 35.5. The average molecular weight is 279 g/mol. The fourth-order valence-electron chi connectivity index (χ4n) is 2.43. The van der Waals surface area contributed by atoms with Crippen molar-refractivity contribution in [3.8, 4) is 0 Å². The van der Waals surface area contributed by atoms with Crippen LogP contribution in [0.15, 0.2) is 41.5 Å². The number of ketones is 2. The first-order valence-electron chi connectivity index (χ1n) is 5.51. The summed E-state index contributed by atoms with van der Waals surface area (Å²) in [5.74, 6) is -1.09. The third-order valence-electron chi connectivity index (χ3n) is 3.31. The molecule has 0 fully saturated rings. The molecule has 2 unspecified atom stereocenters. The fourth-order valence-corrected chi connectivity index (χ4v) is 2.81. The van der Waals surface area contributed by atoms with Gasteiger partial charge in [0.05, 0.1) is 11.8 Å². The number of benzene rings is 1. The molecule has 2 aliphatic carbocycles. The van der Waals surface area contributed by atoms with Crippen molar-refractivity contribution in [1.82, 2.24) is 0 Å². The zero-order chi connectivity index (χ0) is 12.9. The van der Waals surface area contributed by atoms with Gasteiger partial charge in [0.1, 0.15) is 0 Å². The maximum absolute atomic E-state index is 12.3. The number of carbonyl (C=O) groups is 2. The van der Waals surface area contributed by atoms with Crippen molar-refractivity contribution in [1.29, 1.82) is 0 Å². The Bertz CT molecular complexity index is 629. The third-order valence-corrected chi connectivity index (χ3v) is 3.79. The summed E-state index contributed by atoms with van der Waals surface area (Å²) in [4.78, 5) is 24.6. The first kappa shape index (κ1) is 11.7. The topological polar surface area (TPSA) is 34.1 Å². The fraction of sp³-hybridized carbons (Fsp3) is 0.143. The summed E-state index contributed by atoms with van der Waals surface area (Å²) in [7, 11) is 0. The van der Waals surface area contributed by atoms with Crippen molar-refractivity contribution >= 4 is 34.8 Å². The van der Waals surface area contributed by atoms with Crippen molar-refractivity contribution in [2.75, 3.05) is 0 Å². The van der Waals surface area contributed by atoms with Crippen molar-refractivity contribution in [3.63, 3.8) is 0 Å². The van der Waals surface area contributed by atoms with Crippen LogP contribution < -0.4 is 0 Å². The van der Waals surface area contributed by atoms with Crippen LogP contribution >= 0.6 is 23.2 Å². The second-order valence-electron chi connectivity index (χ2n) is 4.38. The van der Waals surface area contributed by atoms with Crippen LogP contribution in [0, 0.1) is 11.8 Å². The van der Waals surface area contributed by atoms with Gasteiger partial charge in [-0.3, -0.25) is 9.59 Å². The van der Waals surface area contributed by atoms with Crippen LogP contribution in [-0.4, -0.2) is 11.6 Å². The Morgan fingerprint density at radius 3 is 2.44 bits per heavy atom. The summed E-state index contributed by atoms with van der Waals surface area (Å²) >= 11 is 11.8. The Morgan fingerprint density at radius 1 is 0.944 bits per heavy atom. The van der Waals surface area contributed by atoms with Crippen LogP contribution in [0.1, 0.15) is 20.7 Å². The van der Waals surface area contributed by atoms with Crippen LogP contribution in [0.5, 0.6) is 0 Å². The van der Waals surface area contributed by atoms with Crippen molar-refractivity contribution in [2.24, 2.45) is 11.8 Å². The van der Waals surface area contributed by atoms with E-state index in [4.69, 9.17) is 23.2 Å². The lowest BCUT2D eigenvalue weighted by atomic mass is 9.72. The van der Waals surface area contributed by atoms with Gasteiger partial charge in [0.2, 0.25) is 0 Å². The molecular weight excluding hydrogens is 271 g/mol. The van der Waals surface area contributed by atoms with Crippen LogP contribution in [0.2, 0.25) is 5.02 Å². The van der Waals surface area contributed by atoms with E-state index in [1.807, 2.05) is 0 Å². The lowest BCUT2D eigenvalue weighted by Crippen LogP contribution is -2.35.